The molecule has 3 saturated heterocycles. The van der Waals surface area contributed by atoms with Gasteiger partial charge in [-0.25, -0.2) is 9.18 Å². The van der Waals surface area contributed by atoms with Crippen LogP contribution in [0.3, 0.4) is 0 Å². The van der Waals surface area contributed by atoms with Crippen molar-refractivity contribution < 1.29 is 23.4 Å². The number of carbonyl (C=O) groups excluding carboxylic acids is 1. The first-order chi connectivity index (χ1) is 19.0. The minimum atomic E-state index is -0.550. The van der Waals surface area contributed by atoms with Gasteiger partial charge in [0.25, 0.3) is 0 Å². The molecule has 40 heavy (non-hydrogen) atoms. The Morgan fingerprint density at radius 2 is 1.85 bits per heavy atom. The maximum absolute atomic E-state index is 15.6. The molecular formula is C29H39BrFN5O4. The van der Waals surface area contributed by atoms with Gasteiger partial charge in [-0.15, -0.1) is 0 Å². The van der Waals surface area contributed by atoms with Crippen LogP contribution in [-0.4, -0.2) is 96.1 Å². The number of morpholine rings is 1. The Bertz CT molecular complexity index is 1280. The Kier molecular flexibility index (Phi) is 7.36. The molecule has 1 aromatic heterocycles. The fraction of sp³-hybridized carbons (Fsp3) is 0.690. The topological polar surface area (TPSA) is 80.3 Å². The highest BCUT2D eigenvalue weighted by Crippen LogP contribution is 2.47. The number of aromatic nitrogens is 2. The van der Waals surface area contributed by atoms with Crippen LogP contribution in [0, 0.1) is 18.2 Å². The molecule has 0 spiro atoms. The van der Waals surface area contributed by atoms with Crippen molar-refractivity contribution in [2.24, 2.45) is 5.41 Å². The van der Waals surface area contributed by atoms with E-state index >= 15 is 4.39 Å². The van der Waals surface area contributed by atoms with Gasteiger partial charge in [0.15, 0.2) is 5.82 Å². The van der Waals surface area contributed by atoms with Crippen molar-refractivity contribution in [1.29, 1.82) is 0 Å². The van der Waals surface area contributed by atoms with Crippen LogP contribution in [0.25, 0.3) is 10.9 Å². The molecule has 218 valence electrons. The molecule has 4 heterocycles. The zero-order valence-corrected chi connectivity index (χ0v) is 25.4. The van der Waals surface area contributed by atoms with Gasteiger partial charge in [0.05, 0.1) is 36.4 Å². The van der Waals surface area contributed by atoms with Crippen LogP contribution < -0.4 is 9.64 Å². The van der Waals surface area contributed by atoms with Crippen LogP contribution in [0.4, 0.5) is 15.0 Å². The molecule has 4 fully saturated rings. The standard InChI is InChI=1S/C29H39BrFN5O4/c1-18-13-21-24(23(31)22(18)30)32-26(39-17-29(7-8-29)16-34-9-11-38-12-10-34)33-25(21)35-14-19-5-6-20(15-35)36(19)27(37)40-28(2,3)4/h13,19-20H,5-12,14-17H2,1-4H3. The van der Waals surface area contributed by atoms with Crippen molar-refractivity contribution in [3.63, 3.8) is 0 Å². The van der Waals surface area contributed by atoms with Crippen molar-refractivity contribution in [3.8, 4) is 6.01 Å². The maximum atomic E-state index is 15.6. The minimum absolute atomic E-state index is 0.00707. The van der Waals surface area contributed by atoms with Gasteiger partial charge in [0.2, 0.25) is 0 Å². The SMILES string of the molecule is Cc1cc2c(N3CC4CCC(C3)N4C(=O)OC(C)(C)C)nc(OCC3(CN4CCOCC4)CC3)nc2c(F)c1Br. The molecule has 4 aliphatic rings. The number of aryl methyl sites for hydroxylation is 1. The van der Waals surface area contributed by atoms with Crippen LogP contribution >= 0.6 is 15.9 Å². The number of hydrogen-bond donors (Lipinski definition) is 0. The molecule has 2 aromatic rings. The molecule has 0 radical (unpaired) electrons. The molecule has 1 aromatic carbocycles. The predicted octanol–water partition coefficient (Wildman–Crippen LogP) is 4.92. The second-order valence-electron chi connectivity index (χ2n) is 12.9. The lowest BCUT2D eigenvalue weighted by Crippen LogP contribution is -2.57. The summed E-state index contributed by atoms with van der Waals surface area (Å²) in [5.41, 5.74) is 0.561. The predicted molar refractivity (Wildman–Crippen MR) is 153 cm³/mol. The molecule has 0 N–H and O–H groups in total. The fourth-order valence-corrected chi connectivity index (χ4v) is 6.57. The number of fused-ring (bicyclic) bond motifs is 3. The molecule has 2 atom stereocenters. The van der Waals surface area contributed by atoms with Crippen molar-refractivity contribution in [3.05, 3.63) is 21.9 Å². The van der Waals surface area contributed by atoms with E-state index in [9.17, 15) is 4.79 Å². The number of amides is 1. The van der Waals surface area contributed by atoms with E-state index in [2.05, 4.69) is 30.7 Å². The zero-order valence-electron chi connectivity index (χ0n) is 23.8. The van der Waals surface area contributed by atoms with Crippen LogP contribution in [0.1, 0.15) is 52.0 Å². The Labute approximate surface area is 243 Å². The Morgan fingerprint density at radius 1 is 1.18 bits per heavy atom. The van der Waals surface area contributed by atoms with Gasteiger partial charge >= 0.3 is 12.1 Å². The van der Waals surface area contributed by atoms with Gasteiger partial charge in [0.1, 0.15) is 16.9 Å². The van der Waals surface area contributed by atoms with Crippen LogP contribution in [-0.2, 0) is 9.47 Å². The number of benzene rings is 1. The molecule has 1 amide bonds. The maximum Gasteiger partial charge on any atom is 0.410 e. The van der Waals surface area contributed by atoms with E-state index in [0.29, 0.717) is 35.4 Å². The molecule has 2 unspecified atom stereocenters. The third-order valence-corrected chi connectivity index (χ3v) is 9.50. The number of piperazine rings is 1. The van der Waals surface area contributed by atoms with Crippen molar-refractivity contribution in [2.75, 3.05) is 57.4 Å². The van der Waals surface area contributed by atoms with Crippen molar-refractivity contribution in [2.45, 2.75) is 71.1 Å². The average Bonchev–Trinajstić information content (AvgIpc) is 3.61. The average molecular weight is 621 g/mol. The van der Waals surface area contributed by atoms with Gasteiger partial charge in [0, 0.05) is 43.5 Å². The number of hydrogen-bond acceptors (Lipinski definition) is 8. The molecule has 1 aliphatic carbocycles. The van der Waals surface area contributed by atoms with Gasteiger partial charge < -0.3 is 19.1 Å². The largest absolute Gasteiger partial charge is 0.463 e. The summed E-state index contributed by atoms with van der Waals surface area (Å²) in [5, 5.41) is 0.658. The van der Waals surface area contributed by atoms with E-state index in [4.69, 9.17) is 19.2 Å². The Hall–Kier alpha value is -2.24. The number of rotatable bonds is 6. The first kappa shape index (κ1) is 27.9. The molecule has 2 bridgehead atoms. The van der Waals surface area contributed by atoms with Crippen LogP contribution in [0.5, 0.6) is 6.01 Å². The third kappa shape index (κ3) is 5.61. The second-order valence-corrected chi connectivity index (χ2v) is 13.7. The van der Waals surface area contributed by atoms with E-state index in [1.54, 1.807) is 0 Å². The molecule has 9 nitrogen and oxygen atoms in total. The van der Waals surface area contributed by atoms with E-state index < -0.39 is 11.4 Å². The normalized spacial score (nSPS) is 24.4. The summed E-state index contributed by atoms with van der Waals surface area (Å²) in [4.78, 5) is 29.0. The summed E-state index contributed by atoms with van der Waals surface area (Å²) in [5.74, 6) is 0.251. The van der Waals surface area contributed by atoms with Gasteiger partial charge in [-0.1, -0.05) is 0 Å². The summed E-state index contributed by atoms with van der Waals surface area (Å²) >= 11 is 3.39. The fourth-order valence-electron chi connectivity index (χ4n) is 6.27. The number of ether oxygens (including phenoxy) is 3. The van der Waals surface area contributed by atoms with E-state index in [-0.39, 0.29) is 35.1 Å². The summed E-state index contributed by atoms with van der Waals surface area (Å²) in [6.45, 7) is 13.6. The lowest BCUT2D eigenvalue weighted by atomic mass is 10.1. The number of anilines is 1. The zero-order chi connectivity index (χ0) is 28.2. The van der Waals surface area contributed by atoms with Crippen molar-refractivity contribution >= 4 is 38.7 Å². The van der Waals surface area contributed by atoms with Gasteiger partial charge in [-0.2, -0.15) is 9.97 Å². The highest BCUT2D eigenvalue weighted by atomic mass is 79.9. The third-order valence-electron chi connectivity index (χ3n) is 8.53. The quantitative estimate of drug-likeness (QED) is 0.451. The Morgan fingerprint density at radius 3 is 2.48 bits per heavy atom. The second kappa shape index (κ2) is 10.5. The molecule has 1 saturated carbocycles. The van der Waals surface area contributed by atoms with E-state index in [0.717, 1.165) is 64.1 Å². The summed E-state index contributed by atoms with van der Waals surface area (Å²) < 4.78 is 33.4. The van der Waals surface area contributed by atoms with E-state index in [1.807, 2.05) is 38.7 Å². The van der Waals surface area contributed by atoms with Gasteiger partial charge in [-0.05, 0) is 80.9 Å². The molecule has 11 heteroatoms. The number of nitrogens with zero attached hydrogens (tertiary/aromatic N) is 5. The first-order valence-corrected chi connectivity index (χ1v) is 15.2. The summed E-state index contributed by atoms with van der Waals surface area (Å²) in [7, 11) is 0. The lowest BCUT2D eigenvalue weighted by Gasteiger charge is -2.42. The lowest BCUT2D eigenvalue weighted by molar-refractivity contribution is 0.0123. The number of halogens is 2. The highest BCUT2D eigenvalue weighted by Gasteiger charge is 2.46. The minimum Gasteiger partial charge on any atom is -0.463 e. The first-order valence-electron chi connectivity index (χ1n) is 14.4. The molecule has 3 aliphatic heterocycles. The smallest absolute Gasteiger partial charge is 0.410 e. The molecular weight excluding hydrogens is 581 g/mol. The van der Waals surface area contributed by atoms with Crippen molar-refractivity contribution in [1.82, 2.24) is 19.8 Å². The highest BCUT2D eigenvalue weighted by molar-refractivity contribution is 9.10. The monoisotopic (exact) mass is 619 g/mol. The Balaban J connectivity index is 1.26. The summed E-state index contributed by atoms with van der Waals surface area (Å²) in [6.07, 6.45) is 3.72. The summed E-state index contributed by atoms with van der Waals surface area (Å²) in [6, 6.07) is 2.15. The molecule has 6 rings (SSSR count). The van der Waals surface area contributed by atoms with E-state index in [1.165, 1.54) is 0 Å². The van der Waals surface area contributed by atoms with Gasteiger partial charge in [-0.3, -0.25) is 9.80 Å². The number of carbonyl (C=O) groups is 1. The van der Waals surface area contributed by atoms with Crippen LogP contribution in [0.15, 0.2) is 10.5 Å². The van der Waals surface area contributed by atoms with Crippen LogP contribution in [0.2, 0.25) is 0 Å².